The number of hydrogen-bond donors (Lipinski definition) is 1. The predicted octanol–water partition coefficient (Wildman–Crippen LogP) is 3.15. The lowest BCUT2D eigenvalue weighted by Crippen LogP contribution is -2.22. The highest BCUT2D eigenvalue weighted by Crippen LogP contribution is 2.22. The molecule has 21 heavy (non-hydrogen) atoms. The zero-order valence-corrected chi connectivity index (χ0v) is 13.3. The molecular weight excluding hydrogens is 264 g/mol. The van der Waals surface area contributed by atoms with Gasteiger partial charge in [-0.1, -0.05) is 18.2 Å². The highest BCUT2D eigenvalue weighted by atomic mass is 16.5. The van der Waals surface area contributed by atoms with E-state index in [0.29, 0.717) is 19.1 Å². The lowest BCUT2D eigenvalue weighted by atomic mass is 10.1. The van der Waals surface area contributed by atoms with E-state index in [2.05, 4.69) is 16.4 Å². The summed E-state index contributed by atoms with van der Waals surface area (Å²) in [6.45, 7) is 7.95. The summed E-state index contributed by atoms with van der Waals surface area (Å²) >= 11 is 0. The molecule has 0 fully saturated rings. The van der Waals surface area contributed by atoms with Crippen LogP contribution in [0.5, 0.6) is 5.88 Å². The van der Waals surface area contributed by atoms with Gasteiger partial charge in [0.1, 0.15) is 6.61 Å². The molecule has 1 aromatic carbocycles. The average molecular weight is 288 g/mol. The number of pyridine rings is 1. The van der Waals surface area contributed by atoms with Gasteiger partial charge in [-0.25, -0.2) is 4.98 Å². The maximum atomic E-state index is 5.73. The van der Waals surface area contributed by atoms with Gasteiger partial charge < -0.3 is 14.8 Å². The SMILES string of the molecule is CNCc1cc(OCCOC(C)(C)C)nc2ccccc12. The fraction of sp³-hybridized carbons (Fsp3) is 0.471. The van der Waals surface area contributed by atoms with E-state index in [-0.39, 0.29) is 5.60 Å². The first kappa shape index (κ1) is 15.7. The maximum absolute atomic E-state index is 5.73. The molecule has 1 heterocycles. The van der Waals surface area contributed by atoms with Crippen LogP contribution in [0.3, 0.4) is 0 Å². The number of benzene rings is 1. The molecule has 0 aliphatic rings. The fourth-order valence-electron chi connectivity index (χ4n) is 2.13. The molecule has 0 bridgehead atoms. The summed E-state index contributed by atoms with van der Waals surface area (Å²) in [5.41, 5.74) is 2.00. The molecule has 0 aliphatic heterocycles. The predicted molar refractivity (Wildman–Crippen MR) is 85.7 cm³/mol. The molecule has 0 aliphatic carbocycles. The molecule has 4 heteroatoms. The van der Waals surface area contributed by atoms with Crippen LogP contribution in [0.25, 0.3) is 10.9 Å². The summed E-state index contributed by atoms with van der Waals surface area (Å²) in [7, 11) is 1.94. The number of rotatable bonds is 6. The van der Waals surface area contributed by atoms with Crippen molar-refractivity contribution in [3.8, 4) is 5.88 Å². The summed E-state index contributed by atoms with van der Waals surface area (Å²) in [5, 5.41) is 4.34. The highest BCUT2D eigenvalue weighted by molar-refractivity contribution is 5.82. The van der Waals surface area contributed by atoms with Gasteiger partial charge in [-0.3, -0.25) is 0 Å². The van der Waals surface area contributed by atoms with E-state index in [1.165, 1.54) is 5.56 Å². The Kier molecular flexibility index (Phi) is 5.15. The topological polar surface area (TPSA) is 43.4 Å². The van der Waals surface area contributed by atoms with Crippen LogP contribution in [-0.2, 0) is 11.3 Å². The first-order valence-corrected chi connectivity index (χ1v) is 7.29. The molecule has 0 unspecified atom stereocenters. The van der Waals surface area contributed by atoms with Gasteiger partial charge >= 0.3 is 0 Å². The van der Waals surface area contributed by atoms with Gasteiger partial charge in [0, 0.05) is 18.0 Å². The minimum atomic E-state index is -0.141. The third-order valence-corrected chi connectivity index (χ3v) is 3.01. The fourth-order valence-corrected chi connectivity index (χ4v) is 2.13. The Morgan fingerprint density at radius 2 is 1.90 bits per heavy atom. The normalized spacial score (nSPS) is 11.8. The van der Waals surface area contributed by atoms with Crippen molar-refractivity contribution in [2.45, 2.75) is 32.9 Å². The van der Waals surface area contributed by atoms with Gasteiger partial charge in [-0.15, -0.1) is 0 Å². The molecule has 0 amide bonds. The number of aromatic nitrogens is 1. The molecule has 114 valence electrons. The number of hydrogen-bond acceptors (Lipinski definition) is 4. The van der Waals surface area contributed by atoms with Crippen molar-refractivity contribution in [1.29, 1.82) is 0 Å². The second-order valence-corrected chi connectivity index (χ2v) is 5.98. The summed E-state index contributed by atoms with van der Waals surface area (Å²) in [6.07, 6.45) is 0. The van der Waals surface area contributed by atoms with Crippen LogP contribution < -0.4 is 10.1 Å². The lowest BCUT2D eigenvalue weighted by Gasteiger charge is -2.19. The number of nitrogens with one attached hydrogen (secondary N) is 1. The zero-order valence-electron chi connectivity index (χ0n) is 13.3. The Morgan fingerprint density at radius 1 is 1.14 bits per heavy atom. The Labute approximate surface area is 126 Å². The molecule has 2 rings (SSSR count). The second kappa shape index (κ2) is 6.87. The van der Waals surface area contributed by atoms with E-state index < -0.39 is 0 Å². The largest absolute Gasteiger partial charge is 0.475 e. The van der Waals surface area contributed by atoms with Crippen molar-refractivity contribution < 1.29 is 9.47 Å². The minimum absolute atomic E-state index is 0.141. The van der Waals surface area contributed by atoms with Crippen LogP contribution in [0.2, 0.25) is 0 Å². The molecule has 0 radical (unpaired) electrons. The molecular formula is C17H24N2O2. The first-order valence-electron chi connectivity index (χ1n) is 7.29. The zero-order chi connectivity index (χ0) is 15.3. The molecule has 0 spiro atoms. The summed E-state index contributed by atoms with van der Waals surface area (Å²) < 4.78 is 11.4. The lowest BCUT2D eigenvalue weighted by molar-refractivity contribution is -0.0167. The molecule has 1 N–H and O–H groups in total. The van der Waals surface area contributed by atoms with Gasteiger partial charge in [0.15, 0.2) is 0 Å². The van der Waals surface area contributed by atoms with Gasteiger partial charge in [-0.2, -0.15) is 0 Å². The maximum Gasteiger partial charge on any atom is 0.214 e. The van der Waals surface area contributed by atoms with E-state index in [4.69, 9.17) is 9.47 Å². The number of para-hydroxylation sites is 1. The van der Waals surface area contributed by atoms with E-state index in [0.717, 1.165) is 17.4 Å². The van der Waals surface area contributed by atoms with Crippen molar-refractivity contribution in [1.82, 2.24) is 10.3 Å². The van der Waals surface area contributed by atoms with Crippen molar-refractivity contribution in [2.75, 3.05) is 20.3 Å². The molecule has 2 aromatic rings. The number of nitrogens with zero attached hydrogens (tertiary/aromatic N) is 1. The standard InChI is InChI=1S/C17H24N2O2/c1-17(2,3)21-10-9-20-16-11-13(12-18-4)14-7-5-6-8-15(14)19-16/h5-8,11,18H,9-10,12H2,1-4H3. The molecule has 4 nitrogen and oxygen atoms in total. The van der Waals surface area contributed by atoms with Crippen molar-refractivity contribution in [2.24, 2.45) is 0 Å². The Balaban J connectivity index is 2.09. The Bertz CT molecular complexity index is 591. The third kappa shape index (κ3) is 4.69. The van der Waals surface area contributed by atoms with E-state index in [9.17, 15) is 0 Å². The van der Waals surface area contributed by atoms with Gasteiger partial charge in [0.2, 0.25) is 5.88 Å². The summed E-state index contributed by atoms with van der Waals surface area (Å²) in [6, 6.07) is 10.1. The number of fused-ring (bicyclic) bond motifs is 1. The second-order valence-electron chi connectivity index (χ2n) is 5.98. The van der Waals surface area contributed by atoms with Gasteiger partial charge in [0.25, 0.3) is 0 Å². The summed E-state index contributed by atoms with van der Waals surface area (Å²) in [5.74, 6) is 0.649. The van der Waals surface area contributed by atoms with Gasteiger partial charge in [-0.05, 0) is 39.4 Å². The van der Waals surface area contributed by atoms with Crippen molar-refractivity contribution in [3.63, 3.8) is 0 Å². The molecule has 0 saturated carbocycles. The summed E-state index contributed by atoms with van der Waals surface area (Å²) in [4.78, 5) is 4.55. The molecule has 1 aromatic heterocycles. The number of ether oxygens (including phenoxy) is 2. The quantitative estimate of drug-likeness (QED) is 0.829. The smallest absolute Gasteiger partial charge is 0.214 e. The first-order chi connectivity index (χ1) is 9.99. The molecule has 0 saturated heterocycles. The van der Waals surface area contributed by atoms with E-state index in [1.807, 2.05) is 52.1 Å². The van der Waals surface area contributed by atoms with Crippen LogP contribution in [-0.4, -0.2) is 30.8 Å². The Hall–Kier alpha value is -1.65. The van der Waals surface area contributed by atoms with Crippen LogP contribution in [0.15, 0.2) is 30.3 Å². The van der Waals surface area contributed by atoms with E-state index >= 15 is 0 Å². The van der Waals surface area contributed by atoms with Crippen LogP contribution in [0.1, 0.15) is 26.3 Å². The minimum Gasteiger partial charge on any atom is -0.475 e. The van der Waals surface area contributed by atoms with Gasteiger partial charge in [0.05, 0.1) is 17.7 Å². The average Bonchev–Trinajstić information content (AvgIpc) is 2.43. The van der Waals surface area contributed by atoms with Crippen molar-refractivity contribution >= 4 is 10.9 Å². The van der Waals surface area contributed by atoms with Crippen LogP contribution >= 0.6 is 0 Å². The highest BCUT2D eigenvalue weighted by Gasteiger charge is 2.10. The Morgan fingerprint density at radius 3 is 2.62 bits per heavy atom. The molecule has 0 atom stereocenters. The third-order valence-electron chi connectivity index (χ3n) is 3.01. The van der Waals surface area contributed by atoms with Crippen LogP contribution in [0.4, 0.5) is 0 Å². The van der Waals surface area contributed by atoms with E-state index in [1.54, 1.807) is 0 Å². The monoisotopic (exact) mass is 288 g/mol. The van der Waals surface area contributed by atoms with Crippen molar-refractivity contribution in [3.05, 3.63) is 35.9 Å². The van der Waals surface area contributed by atoms with Crippen LogP contribution in [0, 0.1) is 0 Å².